The normalized spacial score (nSPS) is 17.4. The highest BCUT2D eigenvalue weighted by molar-refractivity contribution is 7.89. The van der Waals surface area contributed by atoms with Gasteiger partial charge in [0.15, 0.2) is 0 Å². The van der Waals surface area contributed by atoms with Crippen LogP contribution < -0.4 is 4.72 Å². The van der Waals surface area contributed by atoms with Gasteiger partial charge in [-0.3, -0.25) is 9.48 Å². The maximum absolute atomic E-state index is 12.2. The van der Waals surface area contributed by atoms with Gasteiger partial charge in [-0.25, -0.2) is 13.1 Å². The number of nitrogens with zero attached hydrogens (tertiary/aromatic N) is 2. The molecular formula is C11H17N3O4S. The number of nitrogens with one attached hydrogen (secondary N) is 1. The summed E-state index contributed by atoms with van der Waals surface area (Å²) in [6.07, 6.45) is 1.02. The molecule has 7 nitrogen and oxygen atoms in total. The highest BCUT2D eigenvalue weighted by atomic mass is 32.2. The summed E-state index contributed by atoms with van der Waals surface area (Å²) in [5.74, 6) is -0.949. The maximum Gasteiger partial charge on any atom is 0.310 e. The quantitative estimate of drug-likeness (QED) is 0.804. The van der Waals surface area contributed by atoms with E-state index in [2.05, 4.69) is 9.82 Å². The Hall–Kier alpha value is -1.41. The first-order valence-electron chi connectivity index (χ1n) is 5.93. The monoisotopic (exact) mass is 287 g/mol. The molecule has 8 heteroatoms. The molecule has 1 heterocycles. The minimum Gasteiger partial charge on any atom is -0.481 e. The summed E-state index contributed by atoms with van der Waals surface area (Å²) in [4.78, 5) is 11.2. The summed E-state index contributed by atoms with van der Waals surface area (Å²) in [6, 6.07) is 0. The van der Waals surface area contributed by atoms with Crippen LogP contribution in [-0.2, 0) is 21.9 Å². The van der Waals surface area contributed by atoms with Gasteiger partial charge in [-0.05, 0) is 26.7 Å². The first-order chi connectivity index (χ1) is 8.69. The van der Waals surface area contributed by atoms with Crippen LogP contribution in [0.4, 0.5) is 0 Å². The Morgan fingerprint density at radius 1 is 1.47 bits per heavy atom. The van der Waals surface area contributed by atoms with Crippen LogP contribution in [0.3, 0.4) is 0 Å². The van der Waals surface area contributed by atoms with Crippen molar-refractivity contribution in [3.05, 3.63) is 11.4 Å². The lowest BCUT2D eigenvalue weighted by molar-refractivity contribution is -0.143. The van der Waals surface area contributed by atoms with E-state index in [0.717, 1.165) is 0 Å². The highest BCUT2D eigenvalue weighted by Gasteiger charge is 2.50. The summed E-state index contributed by atoms with van der Waals surface area (Å²) in [7, 11) is -2.06. The van der Waals surface area contributed by atoms with Gasteiger partial charge >= 0.3 is 5.97 Å². The number of carboxylic acid groups (broad SMARTS) is 1. The number of aromatic nitrogens is 2. The van der Waals surface area contributed by atoms with E-state index in [1.807, 2.05) is 0 Å². The van der Waals surface area contributed by atoms with Crippen LogP contribution in [0.5, 0.6) is 0 Å². The van der Waals surface area contributed by atoms with E-state index >= 15 is 0 Å². The lowest BCUT2D eigenvalue weighted by Gasteiger charge is -2.11. The largest absolute Gasteiger partial charge is 0.481 e. The third-order valence-electron chi connectivity index (χ3n) is 3.62. The van der Waals surface area contributed by atoms with Crippen molar-refractivity contribution >= 4 is 16.0 Å². The molecule has 0 bridgehead atoms. The molecule has 0 atom stereocenters. The Labute approximate surface area is 111 Å². The van der Waals surface area contributed by atoms with Gasteiger partial charge in [0.05, 0.1) is 16.8 Å². The Bertz CT molecular complexity index is 629. The smallest absolute Gasteiger partial charge is 0.310 e. The Balaban J connectivity index is 2.22. The number of carboxylic acids is 1. The molecule has 106 valence electrons. The van der Waals surface area contributed by atoms with Crippen molar-refractivity contribution < 1.29 is 18.3 Å². The van der Waals surface area contributed by atoms with E-state index in [9.17, 15) is 13.2 Å². The fourth-order valence-corrected chi connectivity index (χ4v) is 3.63. The van der Waals surface area contributed by atoms with Gasteiger partial charge in [0.2, 0.25) is 10.0 Å². The van der Waals surface area contributed by atoms with E-state index < -0.39 is 21.4 Å². The molecule has 2 rings (SSSR count). The first kappa shape index (κ1) is 14.0. The summed E-state index contributed by atoms with van der Waals surface area (Å²) in [5, 5.41) is 13.1. The van der Waals surface area contributed by atoms with Gasteiger partial charge < -0.3 is 5.11 Å². The molecular weight excluding hydrogens is 270 g/mol. The number of rotatable bonds is 5. The molecule has 0 amide bonds. The lowest BCUT2D eigenvalue weighted by Crippen LogP contribution is -2.34. The molecule has 19 heavy (non-hydrogen) atoms. The average Bonchev–Trinajstić information content (AvgIpc) is 3.02. The second-order valence-corrected chi connectivity index (χ2v) is 6.74. The standard InChI is InChI=1S/C11H17N3O4S/c1-7-9(8(2)14(3)13-7)19(17,18)12-6-11(4-5-11)10(15)16/h12H,4-6H2,1-3H3,(H,15,16). The van der Waals surface area contributed by atoms with Crippen LogP contribution in [0.25, 0.3) is 0 Å². The maximum atomic E-state index is 12.2. The Morgan fingerprint density at radius 3 is 2.42 bits per heavy atom. The van der Waals surface area contributed by atoms with E-state index in [1.165, 1.54) is 4.68 Å². The number of aliphatic carboxylic acids is 1. The number of carbonyl (C=O) groups is 1. The third-order valence-corrected chi connectivity index (χ3v) is 5.27. The number of aryl methyl sites for hydroxylation is 2. The lowest BCUT2D eigenvalue weighted by atomic mass is 10.1. The van der Waals surface area contributed by atoms with E-state index in [4.69, 9.17) is 5.11 Å². The van der Waals surface area contributed by atoms with Crippen molar-refractivity contribution in [3.8, 4) is 0 Å². The molecule has 1 fully saturated rings. The van der Waals surface area contributed by atoms with Gasteiger partial charge in [-0.1, -0.05) is 0 Å². The molecule has 1 aliphatic rings. The van der Waals surface area contributed by atoms with Crippen LogP contribution in [0, 0.1) is 19.3 Å². The summed E-state index contributed by atoms with van der Waals surface area (Å²) < 4.78 is 28.3. The molecule has 1 aromatic rings. The molecule has 1 aromatic heterocycles. The number of hydrogen-bond acceptors (Lipinski definition) is 4. The van der Waals surface area contributed by atoms with Crippen LogP contribution in [0.15, 0.2) is 4.90 Å². The van der Waals surface area contributed by atoms with Crippen molar-refractivity contribution in [2.75, 3.05) is 6.54 Å². The zero-order valence-electron chi connectivity index (χ0n) is 11.1. The first-order valence-corrected chi connectivity index (χ1v) is 7.41. The van der Waals surface area contributed by atoms with Crippen molar-refractivity contribution in [2.24, 2.45) is 12.5 Å². The second-order valence-electron chi connectivity index (χ2n) is 5.03. The van der Waals surface area contributed by atoms with Crippen molar-refractivity contribution in [2.45, 2.75) is 31.6 Å². The van der Waals surface area contributed by atoms with Crippen molar-refractivity contribution in [1.29, 1.82) is 0 Å². The number of hydrogen-bond donors (Lipinski definition) is 2. The fourth-order valence-electron chi connectivity index (χ4n) is 2.07. The molecule has 0 aromatic carbocycles. The van der Waals surface area contributed by atoms with Gasteiger partial charge in [0.1, 0.15) is 4.90 Å². The molecule has 0 unspecified atom stereocenters. The minimum absolute atomic E-state index is 0.0710. The fraction of sp³-hybridized carbons (Fsp3) is 0.636. The van der Waals surface area contributed by atoms with E-state index in [-0.39, 0.29) is 11.4 Å². The molecule has 0 spiro atoms. The predicted molar refractivity (Wildman–Crippen MR) is 67.2 cm³/mol. The molecule has 1 saturated carbocycles. The topological polar surface area (TPSA) is 101 Å². The van der Waals surface area contributed by atoms with Gasteiger partial charge in [-0.15, -0.1) is 0 Å². The summed E-state index contributed by atoms with van der Waals surface area (Å²) >= 11 is 0. The van der Waals surface area contributed by atoms with Crippen LogP contribution in [-0.4, -0.2) is 35.8 Å². The highest BCUT2D eigenvalue weighted by Crippen LogP contribution is 2.45. The van der Waals surface area contributed by atoms with Crippen LogP contribution in [0.1, 0.15) is 24.2 Å². The minimum atomic E-state index is -3.72. The van der Waals surface area contributed by atoms with Gasteiger partial charge in [0, 0.05) is 13.6 Å². The molecule has 0 radical (unpaired) electrons. The van der Waals surface area contributed by atoms with Gasteiger partial charge in [0.25, 0.3) is 0 Å². The van der Waals surface area contributed by atoms with Crippen molar-refractivity contribution in [1.82, 2.24) is 14.5 Å². The summed E-state index contributed by atoms with van der Waals surface area (Å²) in [5.41, 5.74) is 0.0229. The summed E-state index contributed by atoms with van der Waals surface area (Å²) in [6.45, 7) is 3.21. The van der Waals surface area contributed by atoms with E-state index in [1.54, 1.807) is 20.9 Å². The van der Waals surface area contributed by atoms with Gasteiger partial charge in [-0.2, -0.15) is 5.10 Å². The predicted octanol–water partition coefficient (Wildman–Crippen LogP) is 0.180. The third kappa shape index (κ3) is 2.37. The van der Waals surface area contributed by atoms with Crippen LogP contribution >= 0.6 is 0 Å². The average molecular weight is 287 g/mol. The second kappa shape index (κ2) is 4.31. The molecule has 1 aliphatic carbocycles. The molecule has 0 saturated heterocycles. The van der Waals surface area contributed by atoms with E-state index in [0.29, 0.717) is 24.2 Å². The molecule has 2 N–H and O–H groups in total. The number of sulfonamides is 1. The Kier molecular flexibility index (Phi) is 3.18. The molecule has 0 aliphatic heterocycles. The van der Waals surface area contributed by atoms with Crippen molar-refractivity contribution in [3.63, 3.8) is 0 Å². The Morgan fingerprint density at radius 2 is 2.05 bits per heavy atom. The zero-order valence-corrected chi connectivity index (χ0v) is 11.9. The SMILES string of the molecule is Cc1nn(C)c(C)c1S(=O)(=O)NCC1(C(=O)O)CC1. The zero-order chi connectivity index (χ0) is 14.4. The van der Waals surface area contributed by atoms with Crippen LogP contribution in [0.2, 0.25) is 0 Å².